The van der Waals surface area contributed by atoms with Crippen LogP contribution < -0.4 is 4.74 Å². The van der Waals surface area contributed by atoms with Gasteiger partial charge in [-0.1, -0.05) is 39.0 Å². The first-order valence-corrected chi connectivity index (χ1v) is 23.2. The molecule has 0 saturated carbocycles. The van der Waals surface area contributed by atoms with Crippen molar-refractivity contribution >= 4 is 32.8 Å². The Bertz CT molecular complexity index is 3330. The molecule has 63 heavy (non-hydrogen) atoms. The number of aromatic nitrogens is 4. The molecule has 11 rings (SSSR count). The van der Waals surface area contributed by atoms with E-state index in [1.807, 2.05) is 6.20 Å². The monoisotopic (exact) mass is 999 g/mol. The van der Waals surface area contributed by atoms with Crippen molar-refractivity contribution in [2.24, 2.45) is 0 Å². The molecule has 0 fully saturated rings. The summed E-state index contributed by atoms with van der Waals surface area (Å²) in [5, 5.41) is 2.37. The van der Waals surface area contributed by atoms with Gasteiger partial charge in [0.1, 0.15) is 0 Å². The Morgan fingerprint density at radius 1 is 0.571 bits per heavy atom. The number of para-hydroxylation sites is 4. The Hall–Kier alpha value is -6.55. The van der Waals surface area contributed by atoms with Gasteiger partial charge < -0.3 is 0 Å². The summed E-state index contributed by atoms with van der Waals surface area (Å²) in [6.45, 7) is 6.75. The predicted molar refractivity (Wildman–Crippen MR) is 255 cm³/mol. The second-order valence-electron chi connectivity index (χ2n) is 17.8. The molecule has 1 aliphatic carbocycles. The van der Waals surface area contributed by atoms with Gasteiger partial charge in [-0.3, -0.25) is 0 Å². The normalized spacial score (nSPS) is 14.3. The third-order valence-corrected chi connectivity index (χ3v) is 13.9. The van der Waals surface area contributed by atoms with Crippen LogP contribution in [-0.2, 0) is 31.2 Å². The Morgan fingerprint density at radius 3 is 1.94 bits per heavy atom. The molecule has 0 bridgehead atoms. The Morgan fingerprint density at radius 2 is 1.21 bits per heavy atom. The second-order valence-corrected chi connectivity index (χ2v) is 18.8. The van der Waals surface area contributed by atoms with Gasteiger partial charge in [0.05, 0.1) is 0 Å². The van der Waals surface area contributed by atoms with Gasteiger partial charge in [0.2, 0.25) is 0 Å². The number of fused-ring (bicyclic) bond motifs is 5. The molecule has 7 aromatic carbocycles. The molecule has 1 aliphatic rings. The fraction of sp³-hybridized carbons (Fsp3) is 0.158. The number of ether oxygens (including phenoxy) is 1. The van der Waals surface area contributed by atoms with E-state index in [1.54, 1.807) is 0 Å². The molecule has 10 aromatic rings. The smallest absolute Gasteiger partial charge is 0.0149 e. The number of nitrogens with zero attached hydrogens (tertiary/aromatic N) is 4. The van der Waals surface area contributed by atoms with Crippen LogP contribution in [0.5, 0.6) is 11.5 Å². The molecule has 0 N–H and O–H groups in total. The minimum atomic E-state index is -0.00302. The fourth-order valence-electron chi connectivity index (χ4n) is 9.78. The molecule has 3 aromatic heterocycles. The zero-order valence-corrected chi connectivity index (χ0v) is 38.0. The molecule has 1 atom stereocenters. The van der Waals surface area contributed by atoms with Crippen LogP contribution in [0.4, 0.5) is 0 Å². The van der Waals surface area contributed by atoms with E-state index in [-0.39, 0.29) is 11.5 Å². The fourth-order valence-corrected chi connectivity index (χ4v) is 10.9. The molecule has 5 nitrogen and oxygen atoms in total. The number of benzene rings is 7. The minimum absolute atomic E-state index is 0.00302. The van der Waals surface area contributed by atoms with Crippen LogP contribution in [0.2, 0.25) is 0 Å². The van der Waals surface area contributed by atoms with E-state index in [9.17, 15) is 0 Å². The Balaban J connectivity index is 1.05. The number of imidazole rings is 1. The molecule has 0 spiro atoms. The van der Waals surface area contributed by atoms with Gasteiger partial charge in [-0.2, -0.15) is 0 Å². The van der Waals surface area contributed by atoms with Crippen LogP contribution in [0.1, 0.15) is 62.8 Å². The third-order valence-electron chi connectivity index (χ3n) is 12.8. The minimum Gasteiger partial charge on any atom is -0.0149 e. The average molecular weight is 1000 g/mol. The third kappa shape index (κ3) is 7.00. The molecule has 0 aliphatic heterocycles. The molecule has 6 heteroatoms. The SMILES string of the molecule is CC(C)(C)c1ccnc(-n2c3ccccc3c3ccc(Oc4ccc5c(c4)C(n4[c](=[Pt])n(-c6c(-c7ccccc7)cccc6-c6ccccc6)c6ccccc64)CCCC5)cc32)c1. The van der Waals surface area contributed by atoms with Gasteiger partial charge in [-0.15, -0.1) is 0 Å². The van der Waals surface area contributed by atoms with Gasteiger partial charge in [0.25, 0.3) is 0 Å². The van der Waals surface area contributed by atoms with Crippen molar-refractivity contribution in [3.8, 4) is 45.3 Å². The number of hydrogen-bond donors (Lipinski definition) is 0. The summed E-state index contributed by atoms with van der Waals surface area (Å²) >= 11 is 2.60. The summed E-state index contributed by atoms with van der Waals surface area (Å²) < 4.78 is 15.5. The Labute approximate surface area is 379 Å². The largest absolute Gasteiger partial charge is 0.0149 e. The van der Waals surface area contributed by atoms with Crippen LogP contribution in [0.3, 0.4) is 0 Å². The Kier molecular flexibility index (Phi) is 9.97. The van der Waals surface area contributed by atoms with Crippen molar-refractivity contribution in [3.05, 3.63) is 203 Å². The summed E-state index contributed by atoms with van der Waals surface area (Å²) in [7, 11) is 0. The van der Waals surface area contributed by atoms with Crippen molar-refractivity contribution in [1.29, 1.82) is 0 Å². The molecule has 0 radical (unpaired) electrons. The van der Waals surface area contributed by atoms with Gasteiger partial charge in [0, 0.05) is 6.20 Å². The maximum atomic E-state index is 6.91. The van der Waals surface area contributed by atoms with Gasteiger partial charge in [-0.25, -0.2) is 4.98 Å². The summed E-state index contributed by atoms with van der Waals surface area (Å²) in [5.74, 6) is 2.55. The molecule has 0 amide bonds. The van der Waals surface area contributed by atoms with E-state index < -0.39 is 0 Å². The van der Waals surface area contributed by atoms with Crippen LogP contribution in [-0.4, -0.2) is 18.7 Å². The van der Waals surface area contributed by atoms with Gasteiger partial charge >= 0.3 is 302 Å². The number of rotatable bonds is 7. The maximum Gasteiger partial charge on any atom is -0.0149 e. The van der Waals surface area contributed by atoms with Crippen molar-refractivity contribution in [1.82, 2.24) is 18.7 Å². The summed E-state index contributed by atoms with van der Waals surface area (Å²) in [5.41, 5.74) is 14.6. The van der Waals surface area contributed by atoms with Crippen LogP contribution in [0, 0.1) is 3.80 Å². The predicted octanol–water partition coefficient (Wildman–Crippen LogP) is 14.7. The van der Waals surface area contributed by atoms with E-state index in [1.165, 1.54) is 70.2 Å². The first-order chi connectivity index (χ1) is 30.8. The van der Waals surface area contributed by atoms with E-state index in [0.29, 0.717) is 0 Å². The van der Waals surface area contributed by atoms with Crippen molar-refractivity contribution in [2.75, 3.05) is 0 Å². The van der Waals surface area contributed by atoms with E-state index in [2.05, 4.69) is 230 Å². The average Bonchev–Trinajstić information content (AvgIpc) is 3.70. The quantitative estimate of drug-likeness (QED) is 0.149. The van der Waals surface area contributed by atoms with Crippen LogP contribution in [0.25, 0.3) is 66.6 Å². The van der Waals surface area contributed by atoms with Crippen molar-refractivity contribution < 1.29 is 24.1 Å². The van der Waals surface area contributed by atoms with Crippen LogP contribution in [0.15, 0.2) is 182 Å². The summed E-state index contributed by atoms with van der Waals surface area (Å²) in [6.07, 6.45) is 6.30. The van der Waals surface area contributed by atoms with E-state index >= 15 is 0 Å². The van der Waals surface area contributed by atoms with Crippen molar-refractivity contribution in [3.63, 3.8) is 0 Å². The molecule has 0 saturated heterocycles. The van der Waals surface area contributed by atoms with Crippen LogP contribution >= 0.6 is 0 Å². The maximum absolute atomic E-state index is 6.91. The topological polar surface area (TPSA) is 36.9 Å². The second kappa shape index (κ2) is 16.0. The van der Waals surface area contributed by atoms with Gasteiger partial charge in [-0.05, 0) is 29.2 Å². The van der Waals surface area contributed by atoms with E-state index in [4.69, 9.17) is 9.72 Å². The first-order valence-electron chi connectivity index (χ1n) is 22.0. The number of aryl methyl sites for hydroxylation is 1. The first kappa shape index (κ1) is 39.3. The molecular formula is C57H48N4OPt. The molecular weight excluding hydrogens is 952 g/mol. The van der Waals surface area contributed by atoms with E-state index in [0.717, 1.165) is 54.0 Å². The zero-order valence-electron chi connectivity index (χ0n) is 35.7. The number of hydrogen-bond acceptors (Lipinski definition) is 2. The van der Waals surface area contributed by atoms with Crippen molar-refractivity contribution in [2.45, 2.75) is 57.9 Å². The summed E-state index contributed by atoms with van der Waals surface area (Å²) in [6, 6.07) is 63.7. The van der Waals surface area contributed by atoms with Gasteiger partial charge in [0.15, 0.2) is 0 Å². The standard InChI is InChI=1S/C57H48N4O.Pt/c1-57(2,3)42-33-34-58-55(35-42)61-51-26-13-11-22-47(51)48-32-31-44(37-54(48)61)62-43-30-29-41-21-10-12-25-50(49(41)36-43)59-38-60(53-28-15-14-27-52(53)59)56-45(39-17-6-4-7-18-39)23-16-24-46(56)40-19-8-5-9-20-40;/h4-9,11,13-20,22-24,26-37,50H,10,12,21,25H2,1-3H3;. The molecule has 312 valence electrons. The zero-order chi connectivity index (χ0) is 42.7. The molecule has 1 unspecified atom stereocenters. The number of pyridine rings is 1. The molecule has 3 heterocycles. The summed E-state index contributed by atoms with van der Waals surface area (Å²) in [4.78, 5) is 4.91.